The lowest BCUT2D eigenvalue weighted by Gasteiger charge is -2.02. The minimum absolute atomic E-state index is 0.0388. The Kier molecular flexibility index (Phi) is 1.80. The molecule has 0 bridgehead atoms. The molecular weight excluding hydrogens is 200 g/mol. The lowest BCUT2D eigenvalue weighted by atomic mass is 10.1. The van der Waals surface area contributed by atoms with Crippen molar-refractivity contribution in [3.05, 3.63) is 52.3 Å². The summed E-state index contributed by atoms with van der Waals surface area (Å²) in [6.45, 7) is 1.91. The summed E-state index contributed by atoms with van der Waals surface area (Å²) in [5.41, 5.74) is 2.43. The normalized spacial score (nSPS) is 11.1. The maximum atomic E-state index is 12.1. The first-order valence-electron chi connectivity index (χ1n) is 5.14. The van der Waals surface area contributed by atoms with E-state index in [-0.39, 0.29) is 5.43 Å². The number of nitrogens with zero attached hydrogens (tertiary/aromatic N) is 1. The molecule has 0 saturated heterocycles. The fourth-order valence-corrected chi connectivity index (χ4v) is 1.90. The molecule has 3 aromatic rings. The Labute approximate surface area is 91.8 Å². The molecular formula is C13H10N2O. The van der Waals surface area contributed by atoms with Gasteiger partial charge in [-0.3, -0.25) is 4.79 Å². The van der Waals surface area contributed by atoms with Crippen LogP contribution in [0.3, 0.4) is 0 Å². The molecule has 0 radical (unpaired) electrons. The summed E-state index contributed by atoms with van der Waals surface area (Å²) in [6.07, 6.45) is 0. The fourth-order valence-electron chi connectivity index (χ4n) is 1.90. The summed E-state index contributed by atoms with van der Waals surface area (Å²) in [4.78, 5) is 19.7. The molecule has 2 heterocycles. The van der Waals surface area contributed by atoms with Gasteiger partial charge in [0.05, 0.1) is 10.9 Å². The predicted octanol–water partition coefficient (Wildman–Crippen LogP) is 2.38. The van der Waals surface area contributed by atoms with E-state index in [9.17, 15) is 4.79 Å². The number of fused-ring (bicyclic) bond motifs is 2. The molecule has 0 fully saturated rings. The van der Waals surface area contributed by atoms with Crippen molar-refractivity contribution < 1.29 is 0 Å². The van der Waals surface area contributed by atoms with Gasteiger partial charge in [0.15, 0.2) is 5.43 Å². The van der Waals surface area contributed by atoms with E-state index in [1.54, 1.807) is 0 Å². The largest absolute Gasteiger partial charge is 0.339 e. The van der Waals surface area contributed by atoms with Crippen LogP contribution in [0.25, 0.3) is 21.9 Å². The SMILES string of the molecule is Cc1ccc2c(=O)c3ccccc3[nH]c2n1. The van der Waals surface area contributed by atoms with Gasteiger partial charge in [-0.05, 0) is 31.2 Å². The van der Waals surface area contributed by atoms with Crippen LogP contribution in [0.4, 0.5) is 0 Å². The van der Waals surface area contributed by atoms with Crippen LogP contribution >= 0.6 is 0 Å². The van der Waals surface area contributed by atoms with Crippen molar-refractivity contribution in [2.75, 3.05) is 0 Å². The van der Waals surface area contributed by atoms with Crippen molar-refractivity contribution in [2.24, 2.45) is 0 Å². The molecule has 0 amide bonds. The van der Waals surface area contributed by atoms with Crippen LogP contribution in [0, 0.1) is 6.92 Å². The van der Waals surface area contributed by atoms with Crippen LogP contribution in [-0.2, 0) is 0 Å². The summed E-state index contributed by atoms with van der Waals surface area (Å²) in [5, 5.41) is 1.35. The Balaban J connectivity index is 2.61. The first kappa shape index (κ1) is 9.09. The second kappa shape index (κ2) is 3.17. The van der Waals surface area contributed by atoms with Crippen molar-refractivity contribution >= 4 is 21.9 Å². The van der Waals surface area contributed by atoms with E-state index in [4.69, 9.17) is 0 Å². The zero-order chi connectivity index (χ0) is 11.1. The molecule has 0 atom stereocenters. The average molecular weight is 210 g/mol. The van der Waals surface area contributed by atoms with Crippen LogP contribution in [0.5, 0.6) is 0 Å². The third-order valence-corrected chi connectivity index (χ3v) is 2.70. The zero-order valence-electron chi connectivity index (χ0n) is 8.82. The summed E-state index contributed by atoms with van der Waals surface area (Å²) in [6, 6.07) is 11.2. The number of H-pyrrole nitrogens is 1. The summed E-state index contributed by atoms with van der Waals surface area (Å²) >= 11 is 0. The van der Waals surface area contributed by atoms with Gasteiger partial charge in [-0.25, -0.2) is 4.98 Å². The molecule has 0 aliphatic carbocycles. The molecule has 78 valence electrons. The molecule has 0 saturated carbocycles. The monoisotopic (exact) mass is 210 g/mol. The van der Waals surface area contributed by atoms with Crippen LogP contribution < -0.4 is 5.43 Å². The highest BCUT2D eigenvalue weighted by Gasteiger charge is 2.04. The van der Waals surface area contributed by atoms with E-state index in [0.717, 1.165) is 11.2 Å². The second-order valence-corrected chi connectivity index (χ2v) is 3.85. The van der Waals surface area contributed by atoms with Gasteiger partial charge in [-0.1, -0.05) is 12.1 Å². The lowest BCUT2D eigenvalue weighted by Crippen LogP contribution is -2.05. The number of aromatic amines is 1. The van der Waals surface area contributed by atoms with Crippen molar-refractivity contribution in [3.63, 3.8) is 0 Å². The molecule has 0 unspecified atom stereocenters. The molecule has 1 aromatic carbocycles. The number of aromatic nitrogens is 2. The highest BCUT2D eigenvalue weighted by molar-refractivity contribution is 5.90. The van der Waals surface area contributed by atoms with E-state index >= 15 is 0 Å². The molecule has 3 heteroatoms. The third kappa shape index (κ3) is 1.21. The Bertz CT molecular complexity index is 744. The predicted molar refractivity (Wildman–Crippen MR) is 64.6 cm³/mol. The smallest absolute Gasteiger partial charge is 0.198 e. The van der Waals surface area contributed by atoms with E-state index in [1.807, 2.05) is 43.3 Å². The minimum Gasteiger partial charge on any atom is -0.339 e. The number of pyridine rings is 2. The zero-order valence-corrected chi connectivity index (χ0v) is 8.82. The first-order valence-corrected chi connectivity index (χ1v) is 5.14. The molecule has 16 heavy (non-hydrogen) atoms. The Hall–Kier alpha value is -2.16. The average Bonchev–Trinajstić information content (AvgIpc) is 2.29. The molecule has 0 aliphatic rings. The molecule has 3 nitrogen and oxygen atoms in total. The number of hydrogen-bond acceptors (Lipinski definition) is 2. The van der Waals surface area contributed by atoms with Gasteiger partial charge in [-0.2, -0.15) is 0 Å². The van der Waals surface area contributed by atoms with Gasteiger partial charge in [0.2, 0.25) is 0 Å². The van der Waals surface area contributed by atoms with Gasteiger partial charge in [0.25, 0.3) is 0 Å². The number of para-hydroxylation sites is 1. The molecule has 0 spiro atoms. The van der Waals surface area contributed by atoms with E-state index in [0.29, 0.717) is 16.4 Å². The number of nitrogens with one attached hydrogen (secondary N) is 1. The second-order valence-electron chi connectivity index (χ2n) is 3.85. The maximum Gasteiger partial charge on any atom is 0.198 e. The Morgan fingerprint density at radius 2 is 1.88 bits per heavy atom. The molecule has 0 aliphatic heterocycles. The standard InChI is InChI=1S/C13H10N2O/c1-8-6-7-10-12(16)9-4-2-3-5-11(9)15-13(10)14-8/h2-7H,1H3,(H,14,15,16). The van der Waals surface area contributed by atoms with Crippen LogP contribution in [-0.4, -0.2) is 9.97 Å². The van der Waals surface area contributed by atoms with Crippen molar-refractivity contribution in [2.45, 2.75) is 6.92 Å². The van der Waals surface area contributed by atoms with E-state index in [2.05, 4.69) is 9.97 Å². The van der Waals surface area contributed by atoms with Gasteiger partial charge in [0, 0.05) is 11.1 Å². The van der Waals surface area contributed by atoms with Gasteiger partial charge < -0.3 is 4.98 Å². The Morgan fingerprint density at radius 3 is 2.75 bits per heavy atom. The maximum absolute atomic E-state index is 12.1. The Morgan fingerprint density at radius 1 is 1.06 bits per heavy atom. The fraction of sp³-hybridized carbons (Fsp3) is 0.0769. The summed E-state index contributed by atoms with van der Waals surface area (Å²) < 4.78 is 0. The van der Waals surface area contributed by atoms with Crippen LogP contribution in [0.2, 0.25) is 0 Å². The van der Waals surface area contributed by atoms with Crippen molar-refractivity contribution in [1.29, 1.82) is 0 Å². The van der Waals surface area contributed by atoms with Crippen molar-refractivity contribution in [1.82, 2.24) is 9.97 Å². The highest BCUT2D eigenvalue weighted by Crippen LogP contribution is 2.12. The number of benzene rings is 1. The van der Waals surface area contributed by atoms with E-state index in [1.165, 1.54) is 0 Å². The minimum atomic E-state index is 0.0388. The van der Waals surface area contributed by atoms with Gasteiger partial charge >= 0.3 is 0 Å². The number of rotatable bonds is 0. The topological polar surface area (TPSA) is 45.8 Å². The number of hydrogen-bond donors (Lipinski definition) is 1. The summed E-state index contributed by atoms with van der Waals surface area (Å²) in [7, 11) is 0. The third-order valence-electron chi connectivity index (χ3n) is 2.70. The highest BCUT2D eigenvalue weighted by atomic mass is 16.1. The first-order chi connectivity index (χ1) is 7.75. The van der Waals surface area contributed by atoms with Crippen molar-refractivity contribution in [3.8, 4) is 0 Å². The van der Waals surface area contributed by atoms with Gasteiger partial charge in [0.1, 0.15) is 5.65 Å². The van der Waals surface area contributed by atoms with Crippen LogP contribution in [0.1, 0.15) is 5.69 Å². The van der Waals surface area contributed by atoms with E-state index < -0.39 is 0 Å². The molecule has 1 N–H and O–H groups in total. The molecule has 2 aromatic heterocycles. The summed E-state index contributed by atoms with van der Waals surface area (Å²) in [5.74, 6) is 0. The van der Waals surface area contributed by atoms with Gasteiger partial charge in [-0.15, -0.1) is 0 Å². The van der Waals surface area contributed by atoms with Crippen LogP contribution in [0.15, 0.2) is 41.2 Å². The number of aryl methyl sites for hydroxylation is 1. The lowest BCUT2D eigenvalue weighted by molar-refractivity contribution is 1.22. The quantitative estimate of drug-likeness (QED) is 0.579. The molecule has 3 rings (SSSR count).